The molecule has 0 saturated heterocycles. The van der Waals surface area contributed by atoms with E-state index in [0.29, 0.717) is 21.9 Å². The highest BCUT2D eigenvalue weighted by molar-refractivity contribution is 8.00. The van der Waals surface area contributed by atoms with E-state index in [4.69, 9.17) is 0 Å². The van der Waals surface area contributed by atoms with Crippen LogP contribution in [0.25, 0.3) is 22.1 Å². The summed E-state index contributed by atoms with van der Waals surface area (Å²) in [6.07, 6.45) is 0. The van der Waals surface area contributed by atoms with Crippen molar-refractivity contribution in [3.8, 4) is 0 Å². The van der Waals surface area contributed by atoms with Crippen molar-refractivity contribution in [3.63, 3.8) is 0 Å². The fourth-order valence-corrected chi connectivity index (χ4v) is 4.57. The highest BCUT2D eigenvalue weighted by atomic mass is 32.2. The molecule has 0 aliphatic heterocycles. The summed E-state index contributed by atoms with van der Waals surface area (Å²) in [4.78, 5) is 44.3. The number of carbonyl (C=O) groups is 2. The number of hydrogen-bond donors (Lipinski definition) is 4. The molecule has 2 aromatic carbocycles. The first-order valence-corrected chi connectivity index (χ1v) is 12.3. The number of benzene rings is 2. The molecule has 5 rings (SSSR count). The van der Waals surface area contributed by atoms with Gasteiger partial charge in [0, 0.05) is 0 Å². The number of para-hydroxylation sites is 4. The normalized spacial score (nSPS) is 11.1. The number of pyridine rings is 1. The molecule has 5 aromatic rings. The van der Waals surface area contributed by atoms with Gasteiger partial charge >= 0.3 is 0 Å². The smallest absolute Gasteiger partial charge is 0.236 e. The SMILES string of the molecule is O=C(CSc1nc2ccccc2[nH]1)Nc1cccc(NC(=O)CSc2nc3ccccc3[nH]2)n1. The van der Waals surface area contributed by atoms with Gasteiger partial charge in [0.15, 0.2) is 10.3 Å². The molecule has 0 bridgehead atoms. The fourth-order valence-electron chi connectivity index (χ4n) is 3.20. The Kier molecular flexibility index (Phi) is 6.45. The number of H-pyrrole nitrogens is 2. The minimum absolute atomic E-state index is 0.173. The van der Waals surface area contributed by atoms with Gasteiger partial charge in [-0.05, 0) is 36.4 Å². The number of nitrogens with one attached hydrogen (secondary N) is 4. The monoisotopic (exact) mass is 489 g/mol. The number of anilines is 2. The second-order valence-electron chi connectivity index (χ2n) is 7.20. The molecule has 0 unspecified atom stereocenters. The summed E-state index contributed by atoms with van der Waals surface area (Å²) in [7, 11) is 0. The zero-order chi connectivity index (χ0) is 23.3. The predicted octanol–water partition coefficient (Wildman–Crippen LogP) is 4.30. The van der Waals surface area contributed by atoms with Gasteiger partial charge in [0.25, 0.3) is 0 Å². The molecule has 11 heteroatoms. The standard InChI is InChI=1S/C23H19N7O2S2/c31-20(12-33-22-24-14-6-1-2-7-15(14)25-22)29-18-10-5-11-19(28-18)30-21(32)13-34-23-26-16-8-3-4-9-17(16)27-23/h1-11H,12-13H2,(H,24,25)(H,26,27)(H2,28,29,30,31,32). The number of carbonyl (C=O) groups excluding carboxylic acids is 2. The summed E-state index contributed by atoms with van der Waals surface area (Å²) in [6.45, 7) is 0. The van der Waals surface area contributed by atoms with Crippen LogP contribution in [-0.4, -0.2) is 48.2 Å². The van der Waals surface area contributed by atoms with Crippen molar-refractivity contribution in [2.75, 3.05) is 22.1 Å². The van der Waals surface area contributed by atoms with Gasteiger partial charge in [0.2, 0.25) is 11.8 Å². The number of thioether (sulfide) groups is 2. The lowest BCUT2D eigenvalue weighted by Gasteiger charge is -2.07. The second kappa shape index (κ2) is 9.98. The van der Waals surface area contributed by atoms with E-state index in [9.17, 15) is 9.59 Å². The van der Waals surface area contributed by atoms with Crippen LogP contribution in [0.4, 0.5) is 11.6 Å². The molecular formula is C23H19N7O2S2. The lowest BCUT2D eigenvalue weighted by Crippen LogP contribution is -2.18. The number of aromatic amines is 2. The van der Waals surface area contributed by atoms with Crippen LogP contribution < -0.4 is 10.6 Å². The van der Waals surface area contributed by atoms with Gasteiger partial charge in [-0.1, -0.05) is 53.9 Å². The Balaban J connectivity index is 1.12. The topological polar surface area (TPSA) is 128 Å². The third-order valence-corrected chi connectivity index (χ3v) is 6.45. The summed E-state index contributed by atoms with van der Waals surface area (Å²) in [5, 5.41) is 6.84. The number of amides is 2. The molecule has 2 amide bonds. The number of aromatic nitrogens is 5. The maximum Gasteiger partial charge on any atom is 0.236 e. The molecule has 0 atom stereocenters. The minimum atomic E-state index is -0.220. The van der Waals surface area contributed by atoms with Crippen molar-refractivity contribution in [1.82, 2.24) is 24.9 Å². The van der Waals surface area contributed by atoms with Gasteiger partial charge in [-0.25, -0.2) is 15.0 Å². The Labute approximate surface area is 202 Å². The molecule has 4 N–H and O–H groups in total. The number of imidazole rings is 2. The number of fused-ring (bicyclic) bond motifs is 2. The van der Waals surface area contributed by atoms with Crippen molar-refractivity contribution in [2.24, 2.45) is 0 Å². The van der Waals surface area contributed by atoms with Crippen LogP contribution in [0.15, 0.2) is 77.0 Å². The first kappa shape index (κ1) is 22.0. The Morgan fingerprint density at radius 3 is 1.59 bits per heavy atom. The van der Waals surface area contributed by atoms with Gasteiger partial charge in [0.05, 0.1) is 33.6 Å². The van der Waals surface area contributed by atoms with E-state index < -0.39 is 0 Å². The van der Waals surface area contributed by atoms with E-state index in [1.807, 2.05) is 48.5 Å². The Bertz CT molecular complexity index is 1310. The lowest BCUT2D eigenvalue weighted by atomic mass is 10.3. The average Bonchev–Trinajstić information content (AvgIpc) is 3.45. The first-order chi connectivity index (χ1) is 16.6. The van der Waals surface area contributed by atoms with Crippen LogP contribution in [-0.2, 0) is 9.59 Å². The van der Waals surface area contributed by atoms with Gasteiger partial charge in [-0.2, -0.15) is 0 Å². The third kappa shape index (κ3) is 5.38. The van der Waals surface area contributed by atoms with E-state index in [1.54, 1.807) is 18.2 Å². The summed E-state index contributed by atoms with van der Waals surface area (Å²) in [6, 6.07) is 20.4. The van der Waals surface area contributed by atoms with E-state index in [-0.39, 0.29) is 23.3 Å². The van der Waals surface area contributed by atoms with Crippen LogP contribution >= 0.6 is 23.5 Å². The van der Waals surface area contributed by atoms with Crippen LogP contribution in [0.5, 0.6) is 0 Å². The number of nitrogens with zero attached hydrogens (tertiary/aromatic N) is 3. The minimum Gasteiger partial charge on any atom is -0.333 e. The van der Waals surface area contributed by atoms with Gasteiger partial charge in [0.1, 0.15) is 11.6 Å². The van der Waals surface area contributed by atoms with Gasteiger partial charge in [-0.15, -0.1) is 0 Å². The quantitative estimate of drug-likeness (QED) is 0.239. The lowest BCUT2D eigenvalue weighted by molar-refractivity contribution is -0.114. The maximum atomic E-state index is 12.4. The summed E-state index contributed by atoms with van der Waals surface area (Å²) >= 11 is 2.61. The molecule has 3 heterocycles. The molecular weight excluding hydrogens is 470 g/mol. The molecule has 9 nitrogen and oxygen atoms in total. The third-order valence-electron chi connectivity index (χ3n) is 4.70. The zero-order valence-electron chi connectivity index (χ0n) is 17.7. The Hall–Kier alpha value is -3.83. The average molecular weight is 490 g/mol. The largest absolute Gasteiger partial charge is 0.333 e. The molecule has 0 radical (unpaired) electrons. The Morgan fingerprint density at radius 2 is 1.12 bits per heavy atom. The molecule has 0 aliphatic carbocycles. The molecule has 0 fully saturated rings. The Morgan fingerprint density at radius 1 is 0.647 bits per heavy atom. The predicted molar refractivity (Wildman–Crippen MR) is 135 cm³/mol. The maximum absolute atomic E-state index is 12.4. The molecule has 0 aliphatic rings. The van der Waals surface area contributed by atoms with E-state index in [0.717, 1.165) is 22.1 Å². The van der Waals surface area contributed by atoms with Crippen molar-refractivity contribution < 1.29 is 9.59 Å². The molecule has 170 valence electrons. The van der Waals surface area contributed by atoms with Crippen molar-refractivity contribution in [1.29, 1.82) is 0 Å². The zero-order valence-corrected chi connectivity index (χ0v) is 19.4. The highest BCUT2D eigenvalue weighted by Crippen LogP contribution is 2.21. The van der Waals surface area contributed by atoms with Crippen LogP contribution in [0.3, 0.4) is 0 Å². The highest BCUT2D eigenvalue weighted by Gasteiger charge is 2.11. The molecule has 0 spiro atoms. The first-order valence-electron chi connectivity index (χ1n) is 10.3. The van der Waals surface area contributed by atoms with Gasteiger partial charge < -0.3 is 20.6 Å². The number of rotatable bonds is 8. The summed E-state index contributed by atoms with van der Waals surface area (Å²) < 4.78 is 0. The van der Waals surface area contributed by atoms with Crippen molar-refractivity contribution in [2.45, 2.75) is 10.3 Å². The second-order valence-corrected chi connectivity index (χ2v) is 9.13. The summed E-state index contributed by atoms with van der Waals surface area (Å²) in [5.74, 6) is 0.623. The van der Waals surface area contributed by atoms with Crippen LogP contribution in [0.1, 0.15) is 0 Å². The number of hydrogen-bond acceptors (Lipinski definition) is 7. The molecule has 34 heavy (non-hydrogen) atoms. The van der Waals surface area contributed by atoms with E-state index in [1.165, 1.54) is 23.5 Å². The van der Waals surface area contributed by atoms with Crippen molar-refractivity contribution in [3.05, 3.63) is 66.7 Å². The summed E-state index contributed by atoms with van der Waals surface area (Å²) in [5.41, 5.74) is 3.56. The van der Waals surface area contributed by atoms with E-state index in [2.05, 4.69) is 35.6 Å². The van der Waals surface area contributed by atoms with Gasteiger partial charge in [-0.3, -0.25) is 9.59 Å². The van der Waals surface area contributed by atoms with Crippen LogP contribution in [0.2, 0.25) is 0 Å². The van der Waals surface area contributed by atoms with E-state index >= 15 is 0 Å². The molecule has 3 aromatic heterocycles. The fraction of sp³-hybridized carbons (Fsp3) is 0.0870. The molecule has 0 saturated carbocycles. The van der Waals surface area contributed by atoms with Crippen LogP contribution in [0, 0.1) is 0 Å². The van der Waals surface area contributed by atoms with Crippen molar-refractivity contribution >= 4 is 69.0 Å².